The van der Waals surface area contributed by atoms with Crippen LogP contribution in [0.3, 0.4) is 0 Å². The zero-order valence-corrected chi connectivity index (χ0v) is 13.3. The molecule has 0 unspecified atom stereocenters. The second kappa shape index (κ2) is 7.44. The molecule has 0 aliphatic rings. The van der Waals surface area contributed by atoms with Crippen LogP contribution in [-0.4, -0.2) is 23.9 Å². The highest BCUT2D eigenvalue weighted by Gasteiger charge is 2.36. The Morgan fingerprint density at radius 1 is 1.25 bits per heavy atom. The maximum atomic E-state index is 12.8. The van der Waals surface area contributed by atoms with Crippen LogP contribution in [0.4, 0.5) is 0 Å². The first kappa shape index (κ1) is 16.7. The van der Waals surface area contributed by atoms with Crippen LogP contribution >= 0.6 is 0 Å². The van der Waals surface area contributed by atoms with Crippen molar-refractivity contribution in [2.24, 2.45) is 11.1 Å². The second-order valence-corrected chi connectivity index (χ2v) is 5.50. The number of benzene rings is 1. The van der Waals surface area contributed by atoms with Gasteiger partial charge >= 0.3 is 0 Å². The average Bonchev–Trinajstić information content (AvgIpc) is 2.47. The molecule has 1 amide bonds. The first-order valence-corrected chi connectivity index (χ1v) is 7.58. The number of amides is 1. The first-order valence-electron chi connectivity index (χ1n) is 7.58. The molecule has 0 radical (unpaired) electrons. The van der Waals surface area contributed by atoms with Crippen molar-refractivity contribution in [1.82, 2.24) is 4.90 Å². The molecule has 1 aromatic rings. The van der Waals surface area contributed by atoms with E-state index < -0.39 is 5.41 Å². The van der Waals surface area contributed by atoms with E-state index in [-0.39, 0.29) is 5.91 Å². The Bertz CT molecular complexity index is 430. The molecule has 0 heterocycles. The molecule has 0 fully saturated rings. The quantitative estimate of drug-likeness (QED) is 0.831. The zero-order chi connectivity index (χ0) is 15.2. The Labute approximate surface area is 123 Å². The molecule has 20 heavy (non-hydrogen) atoms. The number of aryl methyl sites for hydroxylation is 1. The molecular weight excluding hydrogens is 248 g/mol. The number of carbonyl (C=O) groups excluding carboxylic acids is 1. The molecule has 1 aromatic carbocycles. The van der Waals surface area contributed by atoms with Crippen molar-refractivity contribution in [3.8, 4) is 0 Å². The summed E-state index contributed by atoms with van der Waals surface area (Å²) in [6, 6.07) is 8.32. The summed E-state index contributed by atoms with van der Waals surface area (Å²) in [6.45, 7) is 10.0. The van der Waals surface area contributed by atoms with E-state index in [2.05, 4.69) is 39.0 Å². The van der Waals surface area contributed by atoms with Crippen LogP contribution in [0.15, 0.2) is 24.3 Å². The molecule has 2 N–H and O–H groups in total. The molecule has 3 heteroatoms. The van der Waals surface area contributed by atoms with Crippen molar-refractivity contribution in [3.63, 3.8) is 0 Å². The molecule has 0 aliphatic heterocycles. The summed E-state index contributed by atoms with van der Waals surface area (Å²) in [4.78, 5) is 14.8. The van der Waals surface area contributed by atoms with Crippen LogP contribution in [0.5, 0.6) is 0 Å². The summed E-state index contributed by atoms with van der Waals surface area (Å²) in [5.41, 5.74) is 7.89. The standard InChI is InChI=1S/C17H28N2O/c1-5-17(6-2,13-18)16(20)19(7-3)12-15-10-8-9-14(4)11-15/h8-11H,5-7,12-13,18H2,1-4H3. The lowest BCUT2D eigenvalue weighted by atomic mass is 9.81. The zero-order valence-electron chi connectivity index (χ0n) is 13.3. The summed E-state index contributed by atoms with van der Waals surface area (Å²) < 4.78 is 0. The first-order chi connectivity index (χ1) is 9.52. The molecule has 3 nitrogen and oxygen atoms in total. The molecule has 0 atom stereocenters. The van der Waals surface area contributed by atoms with Gasteiger partial charge in [-0.1, -0.05) is 43.7 Å². The molecular formula is C17H28N2O. The van der Waals surface area contributed by atoms with Crippen LogP contribution < -0.4 is 5.73 Å². The van der Waals surface area contributed by atoms with E-state index in [4.69, 9.17) is 5.73 Å². The number of rotatable bonds is 7. The lowest BCUT2D eigenvalue weighted by Crippen LogP contribution is -2.47. The number of nitrogens with zero attached hydrogens (tertiary/aromatic N) is 1. The predicted octanol–water partition coefficient (Wildman–Crippen LogP) is 3.11. The minimum atomic E-state index is -0.403. The normalized spacial score (nSPS) is 11.4. The van der Waals surface area contributed by atoms with Crippen LogP contribution in [-0.2, 0) is 11.3 Å². The van der Waals surface area contributed by atoms with Gasteiger partial charge in [0.1, 0.15) is 0 Å². The topological polar surface area (TPSA) is 46.3 Å². The van der Waals surface area contributed by atoms with Gasteiger partial charge in [-0.2, -0.15) is 0 Å². The van der Waals surface area contributed by atoms with E-state index in [0.717, 1.165) is 12.8 Å². The maximum absolute atomic E-state index is 12.8. The third-order valence-corrected chi connectivity index (χ3v) is 4.32. The van der Waals surface area contributed by atoms with E-state index in [1.54, 1.807) is 0 Å². The highest BCUT2D eigenvalue weighted by atomic mass is 16.2. The van der Waals surface area contributed by atoms with Gasteiger partial charge in [0.05, 0.1) is 5.41 Å². The van der Waals surface area contributed by atoms with E-state index in [0.29, 0.717) is 19.6 Å². The molecule has 0 aliphatic carbocycles. The van der Waals surface area contributed by atoms with Crippen molar-refractivity contribution in [2.45, 2.75) is 47.1 Å². The van der Waals surface area contributed by atoms with Crippen LogP contribution in [0, 0.1) is 12.3 Å². The fourth-order valence-corrected chi connectivity index (χ4v) is 2.62. The van der Waals surface area contributed by atoms with Gasteiger partial charge in [-0.05, 0) is 32.3 Å². The van der Waals surface area contributed by atoms with Gasteiger partial charge in [-0.15, -0.1) is 0 Å². The van der Waals surface area contributed by atoms with E-state index in [9.17, 15) is 4.79 Å². The van der Waals surface area contributed by atoms with Gasteiger partial charge in [0, 0.05) is 19.6 Å². The Hall–Kier alpha value is -1.35. The molecule has 0 bridgehead atoms. The van der Waals surface area contributed by atoms with Gasteiger partial charge in [0.25, 0.3) is 0 Å². The third kappa shape index (κ3) is 3.60. The Morgan fingerprint density at radius 3 is 2.35 bits per heavy atom. The Balaban J connectivity index is 2.92. The van der Waals surface area contributed by atoms with E-state index in [1.165, 1.54) is 11.1 Å². The van der Waals surface area contributed by atoms with Gasteiger partial charge in [0.15, 0.2) is 0 Å². The summed E-state index contributed by atoms with van der Waals surface area (Å²) in [6.07, 6.45) is 1.59. The summed E-state index contributed by atoms with van der Waals surface area (Å²) in [5.74, 6) is 0.189. The van der Waals surface area contributed by atoms with Crippen molar-refractivity contribution >= 4 is 5.91 Å². The minimum Gasteiger partial charge on any atom is -0.338 e. The Kier molecular flexibility index (Phi) is 6.21. The van der Waals surface area contributed by atoms with Crippen LogP contribution in [0.25, 0.3) is 0 Å². The SMILES string of the molecule is CCN(Cc1cccc(C)c1)C(=O)C(CC)(CC)CN. The average molecular weight is 276 g/mol. The fourth-order valence-electron chi connectivity index (χ4n) is 2.62. The third-order valence-electron chi connectivity index (χ3n) is 4.32. The number of hydrogen-bond donors (Lipinski definition) is 1. The monoisotopic (exact) mass is 276 g/mol. The van der Waals surface area contributed by atoms with E-state index >= 15 is 0 Å². The van der Waals surface area contributed by atoms with Gasteiger partial charge in [-0.3, -0.25) is 4.79 Å². The lowest BCUT2D eigenvalue weighted by Gasteiger charge is -2.35. The predicted molar refractivity (Wildman–Crippen MR) is 84.3 cm³/mol. The summed E-state index contributed by atoms with van der Waals surface area (Å²) in [5, 5.41) is 0. The van der Waals surface area contributed by atoms with Gasteiger partial charge in [0.2, 0.25) is 5.91 Å². The maximum Gasteiger partial charge on any atom is 0.230 e. The van der Waals surface area contributed by atoms with E-state index in [1.807, 2.05) is 17.9 Å². The highest BCUT2D eigenvalue weighted by molar-refractivity contribution is 5.83. The molecule has 1 rings (SSSR count). The van der Waals surface area contributed by atoms with Crippen LogP contribution in [0.2, 0.25) is 0 Å². The Morgan fingerprint density at radius 2 is 1.90 bits per heavy atom. The van der Waals surface area contributed by atoms with Gasteiger partial charge < -0.3 is 10.6 Å². The van der Waals surface area contributed by atoms with Crippen molar-refractivity contribution in [1.29, 1.82) is 0 Å². The minimum absolute atomic E-state index is 0.189. The van der Waals surface area contributed by atoms with Crippen molar-refractivity contribution in [3.05, 3.63) is 35.4 Å². The molecule has 0 spiro atoms. The summed E-state index contributed by atoms with van der Waals surface area (Å²) >= 11 is 0. The molecule has 0 saturated heterocycles. The molecule has 112 valence electrons. The fraction of sp³-hybridized carbons (Fsp3) is 0.588. The lowest BCUT2D eigenvalue weighted by molar-refractivity contribution is -0.142. The van der Waals surface area contributed by atoms with Crippen molar-refractivity contribution in [2.75, 3.05) is 13.1 Å². The highest BCUT2D eigenvalue weighted by Crippen LogP contribution is 2.28. The van der Waals surface area contributed by atoms with Crippen LogP contribution in [0.1, 0.15) is 44.7 Å². The molecule has 0 aromatic heterocycles. The second-order valence-electron chi connectivity index (χ2n) is 5.50. The van der Waals surface area contributed by atoms with Gasteiger partial charge in [-0.25, -0.2) is 0 Å². The largest absolute Gasteiger partial charge is 0.338 e. The number of hydrogen-bond acceptors (Lipinski definition) is 2. The summed E-state index contributed by atoms with van der Waals surface area (Å²) in [7, 11) is 0. The van der Waals surface area contributed by atoms with Crippen molar-refractivity contribution < 1.29 is 4.79 Å². The smallest absolute Gasteiger partial charge is 0.230 e. The number of carbonyl (C=O) groups is 1. The molecule has 0 saturated carbocycles. The number of nitrogens with two attached hydrogens (primary N) is 1.